The van der Waals surface area contributed by atoms with Gasteiger partial charge in [0.25, 0.3) is 0 Å². The fourth-order valence-electron chi connectivity index (χ4n) is 0.859. The quantitative estimate of drug-likeness (QED) is 0.611. The van der Waals surface area contributed by atoms with Gasteiger partial charge < -0.3 is 11.1 Å². The molecule has 0 aromatic heterocycles. The van der Waals surface area contributed by atoms with Crippen LogP contribution in [0.25, 0.3) is 0 Å². The molecule has 2 heteroatoms. The predicted octanol–water partition coefficient (Wildman–Crippen LogP) is 2.44. The first kappa shape index (κ1) is 10.1. The molecule has 0 atom stereocenters. The maximum atomic E-state index is 5.36. The van der Waals surface area contributed by atoms with E-state index >= 15 is 0 Å². The Balaban J connectivity index is 0.000000140. The third-order valence-electron chi connectivity index (χ3n) is 1.52. The van der Waals surface area contributed by atoms with E-state index < -0.39 is 0 Å². The van der Waals surface area contributed by atoms with E-state index in [0.717, 1.165) is 5.69 Å². The molecule has 0 saturated heterocycles. The van der Waals surface area contributed by atoms with Gasteiger partial charge >= 0.3 is 0 Å². The van der Waals surface area contributed by atoms with E-state index in [2.05, 4.69) is 5.32 Å². The third kappa shape index (κ3) is 4.83. The van der Waals surface area contributed by atoms with Gasteiger partial charge in [0.05, 0.1) is 0 Å². The molecule has 0 fully saturated rings. The van der Waals surface area contributed by atoms with Crippen LogP contribution in [0.4, 0.5) is 5.69 Å². The fourth-order valence-corrected chi connectivity index (χ4v) is 0.859. The minimum absolute atomic E-state index is 0.822. The second-order valence-corrected chi connectivity index (χ2v) is 2.68. The highest BCUT2D eigenvalue weighted by atomic mass is 14.8. The van der Waals surface area contributed by atoms with Crippen molar-refractivity contribution in [1.82, 2.24) is 5.32 Å². The molecule has 3 N–H and O–H groups in total. The van der Waals surface area contributed by atoms with Crippen molar-refractivity contribution in [2.75, 3.05) is 5.73 Å². The molecule has 1 aliphatic rings. The van der Waals surface area contributed by atoms with Crippen LogP contribution < -0.4 is 11.1 Å². The lowest BCUT2D eigenvalue weighted by molar-refractivity contribution is 1.20. The lowest BCUT2D eigenvalue weighted by Gasteiger charge is -1.83. The number of benzene rings is 1. The predicted molar refractivity (Wildman–Crippen MR) is 61.4 cm³/mol. The maximum absolute atomic E-state index is 5.36. The molecule has 1 heterocycles. The molecule has 1 aromatic rings. The number of nitrogen functional groups attached to an aromatic ring is 1. The van der Waals surface area contributed by atoms with Crippen LogP contribution in [-0.4, -0.2) is 0 Å². The number of para-hydroxylation sites is 1. The minimum atomic E-state index is 0.822. The van der Waals surface area contributed by atoms with Crippen molar-refractivity contribution in [3.05, 3.63) is 67.0 Å². The van der Waals surface area contributed by atoms with Gasteiger partial charge in [-0.25, -0.2) is 0 Å². The summed E-state index contributed by atoms with van der Waals surface area (Å²) in [5.74, 6) is 0. The van der Waals surface area contributed by atoms with Crippen LogP contribution in [0.15, 0.2) is 67.0 Å². The first-order valence-electron chi connectivity index (χ1n) is 4.44. The second kappa shape index (κ2) is 6.54. The van der Waals surface area contributed by atoms with Gasteiger partial charge in [-0.1, -0.05) is 30.4 Å². The van der Waals surface area contributed by atoms with E-state index in [-0.39, 0.29) is 0 Å². The lowest BCUT2D eigenvalue weighted by Crippen LogP contribution is -1.87. The van der Waals surface area contributed by atoms with Gasteiger partial charge in [-0.2, -0.15) is 0 Å². The van der Waals surface area contributed by atoms with Gasteiger partial charge in [0.1, 0.15) is 0 Å². The zero-order chi connectivity index (χ0) is 10.1. The normalized spacial score (nSPS) is 12.3. The van der Waals surface area contributed by atoms with Crippen LogP contribution in [0.1, 0.15) is 0 Å². The molecule has 1 aliphatic heterocycles. The third-order valence-corrected chi connectivity index (χ3v) is 1.52. The van der Waals surface area contributed by atoms with Crippen LogP contribution in [0.3, 0.4) is 0 Å². The first-order chi connectivity index (χ1) is 6.89. The van der Waals surface area contributed by atoms with Crippen LogP contribution in [0.2, 0.25) is 0 Å². The molecular weight excluding hydrogens is 172 g/mol. The van der Waals surface area contributed by atoms with Crippen molar-refractivity contribution in [3.8, 4) is 0 Å². The van der Waals surface area contributed by atoms with Gasteiger partial charge in [0, 0.05) is 18.1 Å². The SMILES string of the molecule is C1=CC=CNC=C1.Nc1ccccc1. The number of hydrogen-bond acceptors (Lipinski definition) is 2. The topological polar surface area (TPSA) is 38.0 Å². The highest BCUT2D eigenvalue weighted by Gasteiger charge is 1.72. The van der Waals surface area contributed by atoms with E-state index in [0.29, 0.717) is 0 Å². The minimum Gasteiger partial charge on any atom is -0.399 e. The van der Waals surface area contributed by atoms with Gasteiger partial charge in [-0.05, 0) is 24.3 Å². The molecule has 0 unspecified atom stereocenters. The van der Waals surface area contributed by atoms with Crippen LogP contribution >= 0.6 is 0 Å². The first-order valence-corrected chi connectivity index (χ1v) is 4.44. The average Bonchev–Trinajstić information content (AvgIpc) is 2.51. The monoisotopic (exact) mass is 186 g/mol. The Hall–Kier alpha value is -1.96. The van der Waals surface area contributed by atoms with Gasteiger partial charge in [-0.3, -0.25) is 0 Å². The van der Waals surface area contributed by atoms with Crippen molar-refractivity contribution in [1.29, 1.82) is 0 Å². The zero-order valence-electron chi connectivity index (χ0n) is 7.93. The molecule has 0 amide bonds. The molecular formula is C12H14N2. The highest BCUT2D eigenvalue weighted by Crippen LogP contribution is 1.95. The molecule has 2 nitrogen and oxygen atoms in total. The Morgan fingerprint density at radius 3 is 1.79 bits per heavy atom. The van der Waals surface area contributed by atoms with E-state index in [1.54, 1.807) is 0 Å². The second-order valence-electron chi connectivity index (χ2n) is 2.68. The molecule has 2 rings (SSSR count). The van der Waals surface area contributed by atoms with Gasteiger partial charge in [-0.15, -0.1) is 0 Å². The fraction of sp³-hybridized carbons (Fsp3) is 0. The summed E-state index contributed by atoms with van der Waals surface area (Å²) in [6.07, 6.45) is 11.6. The van der Waals surface area contributed by atoms with Crippen molar-refractivity contribution in [3.63, 3.8) is 0 Å². The zero-order valence-corrected chi connectivity index (χ0v) is 7.93. The van der Waals surface area contributed by atoms with E-state index in [1.165, 1.54) is 0 Å². The summed E-state index contributed by atoms with van der Waals surface area (Å²) in [4.78, 5) is 0. The van der Waals surface area contributed by atoms with E-state index in [9.17, 15) is 0 Å². The Morgan fingerprint density at radius 2 is 1.36 bits per heavy atom. The Morgan fingerprint density at radius 1 is 0.786 bits per heavy atom. The number of allylic oxidation sites excluding steroid dienone is 4. The summed E-state index contributed by atoms with van der Waals surface area (Å²) in [6.45, 7) is 0. The van der Waals surface area contributed by atoms with Crippen LogP contribution in [0, 0.1) is 0 Å². The number of nitrogens with two attached hydrogens (primary N) is 1. The number of hydrogen-bond donors (Lipinski definition) is 2. The molecule has 0 spiro atoms. The summed E-state index contributed by atoms with van der Waals surface area (Å²) in [5, 5.41) is 2.92. The number of anilines is 1. The van der Waals surface area contributed by atoms with Gasteiger partial charge in [0.15, 0.2) is 0 Å². The Labute approximate surface area is 84.4 Å². The van der Waals surface area contributed by atoms with E-state index in [4.69, 9.17) is 5.73 Å². The summed E-state index contributed by atoms with van der Waals surface area (Å²) < 4.78 is 0. The van der Waals surface area contributed by atoms with Crippen molar-refractivity contribution >= 4 is 5.69 Å². The average molecular weight is 186 g/mol. The summed E-state index contributed by atoms with van der Waals surface area (Å²) in [6, 6.07) is 9.49. The molecule has 0 radical (unpaired) electrons. The maximum Gasteiger partial charge on any atom is 0.0313 e. The summed E-state index contributed by atoms with van der Waals surface area (Å²) >= 11 is 0. The number of rotatable bonds is 0. The summed E-state index contributed by atoms with van der Waals surface area (Å²) in [7, 11) is 0. The van der Waals surface area contributed by atoms with Crippen molar-refractivity contribution in [2.24, 2.45) is 0 Å². The largest absolute Gasteiger partial charge is 0.399 e. The standard InChI is InChI=1S/2C6H7N/c1-2-4-6-7-5-3-1;7-6-4-2-1-3-5-6/h1-7H;1-5H,7H2. The van der Waals surface area contributed by atoms with E-state index in [1.807, 2.05) is 67.0 Å². The van der Waals surface area contributed by atoms with Crippen molar-refractivity contribution < 1.29 is 0 Å². The Bertz CT molecular complexity index is 309. The van der Waals surface area contributed by atoms with Gasteiger partial charge in [0.2, 0.25) is 0 Å². The summed E-state index contributed by atoms with van der Waals surface area (Å²) in [5.41, 5.74) is 6.18. The molecule has 0 bridgehead atoms. The smallest absolute Gasteiger partial charge is 0.0313 e. The Kier molecular flexibility index (Phi) is 4.73. The van der Waals surface area contributed by atoms with Crippen LogP contribution in [0.5, 0.6) is 0 Å². The lowest BCUT2D eigenvalue weighted by atomic mass is 10.3. The highest BCUT2D eigenvalue weighted by molar-refractivity contribution is 5.35. The molecule has 0 saturated carbocycles. The van der Waals surface area contributed by atoms with Crippen LogP contribution in [-0.2, 0) is 0 Å². The number of nitrogens with one attached hydrogen (secondary N) is 1. The molecule has 72 valence electrons. The molecule has 0 aliphatic carbocycles. The molecule has 1 aromatic carbocycles. The molecule has 14 heavy (non-hydrogen) atoms. The van der Waals surface area contributed by atoms with Crippen molar-refractivity contribution in [2.45, 2.75) is 0 Å².